The highest BCUT2D eigenvalue weighted by Crippen LogP contribution is 2.10. The van der Waals surface area contributed by atoms with Gasteiger partial charge in [0.05, 0.1) is 6.61 Å². The van der Waals surface area contributed by atoms with Crippen LogP contribution in [-0.2, 0) is 32.5 Å². The highest BCUT2D eigenvalue weighted by atomic mass is 32.2. The molecule has 0 amide bonds. The van der Waals surface area contributed by atoms with Gasteiger partial charge in [-0.25, -0.2) is 18.5 Å². The lowest BCUT2D eigenvalue weighted by Gasteiger charge is -2.07. The van der Waals surface area contributed by atoms with E-state index in [2.05, 4.69) is 4.98 Å². The molecule has 116 valence electrons. The second kappa shape index (κ2) is 8.35. The summed E-state index contributed by atoms with van der Waals surface area (Å²) >= 11 is 0. The molecule has 0 aliphatic heterocycles. The fraction of sp³-hybridized carbons (Fsp3) is 0.750. The van der Waals surface area contributed by atoms with Gasteiger partial charge in [-0.2, -0.15) is 0 Å². The van der Waals surface area contributed by atoms with Gasteiger partial charge in [-0.15, -0.1) is 0 Å². The molecule has 0 spiro atoms. The molecule has 1 heterocycles. The van der Waals surface area contributed by atoms with Crippen LogP contribution in [0.2, 0.25) is 0 Å². The van der Waals surface area contributed by atoms with E-state index in [0.29, 0.717) is 32.8 Å². The van der Waals surface area contributed by atoms with Gasteiger partial charge in [0, 0.05) is 39.5 Å². The molecule has 0 saturated carbocycles. The monoisotopic (exact) mass is 305 g/mol. The van der Waals surface area contributed by atoms with Crippen molar-refractivity contribution in [1.82, 2.24) is 9.55 Å². The van der Waals surface area contributed by atoms with Gasteiger partial charge in [0.1, 0.15) is 5.82 Å². The number of rotatable bonds is 10. The summed E-state index contributed by atoms with van der Waals surface area (Å²) in [5.41, 5.74) is 0. The van der Waals surface area contributed by atoms with E-state index in [-0.39, 0.29) is 5.03 Å². The van der Waals surface area contributed by atoms with E-state index in [9.17, 15) is 8.42 Å². The molecule has 0 atom stereocenters. The Morgan fingerprint density at radius 3 is 2.70 bits per heavy atom. The molecule has 0 aliphatic carbocycles. The Morgan fingerprint density at radius 2 is 2.10 bits per heavy atom. The third-order valence-electron chi connectivity index (χ3n) is 2.72. The van der Waals surface area contributed by atoms with Crippen molar-refractivity contribution in [1.29, 1.82) is 0 Å². The first-order valence-electron chi connectivity index (χ1n) is 6.64. The standard InChI is InChI=1S/C12H23N3O4S/c1-3-5-11-14-12(20(13,16)17)10-15(11)6-9-19-8-4-7-18-2/h10H,3-9H2,1-2H3,(H2,13,16,17). The highest BCUT2D eigenvalue weighted by molar-refractivity contribution is 7.89. The molecule has 1 aromatic rings. The van der Waals surface area contributed by atoms with E-state index in [0.717, 1.165) is 18.7 Å². The summed E-state index contributed by atoms with van der Waals surface area (Å²) < 4.78 is 34.8. The number of aromatic nitrogens is 2. The van der Waals surface area contributed by atoms with Gasteiger partial charge in [0.15, 0.2) is 5.03 Å². The predicted octanol–water partition coefficient (Wildman–Crippen LogP) is 0.536. The molecule has 1 aromatic heterocycles. The molecule has 0 aliphatic rings. The number of nitrogens with zero attached hydrogens (tertiary/aromatic N) is 2. The lowest BCUT2D eigenvalue weighted by Crippen LogP contribution is -2.12. The summed E-state index contributed by atoms with van der Waals surface area (Å²) in [6.45, 7) is 4.36. The molecule has 1 rings (SSSR count). The molecular formula is C12H23N3O4S. The minimum absolute atomic E-state index is 0.0830. The number of sulfonamides is 1. The summed E-state index contributed by atoms with van der Waals surface area (Å²) in [4.78, 5) is 4.07. The number of imidazole rings is 1. The number of hydrogen-bond acceptors (Lipinski definition) is 5. The first kappa shape index (κ1) is 17.1. The van der Waals surface area contributed by atoms with E-state index >= 15 is 0 Å². The smallest absolute Gasteiger partial charge is 0.257 e. The van der Waals surface area contributed by atoms with Crippen molar-refractivity contribution in [2.45, 2.75) is 37.8 Å². The van der Waals surface area contributed by atoms with Crippen molar-refractivity contribution < 1.29 is 17.9 Å². The summed E-state index contributed by atoms with van der Waals surface area (Å²) in [6.07, 6.45) is 3.90. The minimum atomic E-state index is -3.75. The second-order valence-corrected chi connectivity index (χ2v) is 5.95. The fourth-order valence-electron chi connectivity index (χ4n) is 1.75. The molecule has 7 nitrogen and oxygen atoms in total. The zero-order valence-corrected chi connectivity index (χ0v) is 12.9. The quantitative estimate of drug-likeness (QED) is 0.636. The van der Waals surface area contributed by atoms with Crippen molar-refractivity contribution in [3.8, 4) is 0 Å². The van der Waals surface area contributed by atoms with E-state index in [1.807, 2.05) is 6.92 Å². The van der Waals surface area contributed by atoms with Gasteiger partial charge in [-0.05, 0) is 12.8 Å². The van der Waals surface area contributed by atoms with E-state index in [4.69, 9.17) is 14.6 Å². The Kier molecular flexibility index (Phi) is 7.14. The minimum Gasteiger partial charge on any atom is -0.385 e. The number of methoxy groups -OCH3 is 1. The average Bonchev–Trinajstić information content (AvgIpc) is 2.77. The lowest BCUT2D eigenvalue weighted by molar-refractivity contribution is 0.0973. The van der Waals surface area contributed by atoms with Crippen LogP contribution in [0.5, 0.6) is 0 Å². The molecule has 2 N–H and O–H groups in total. The number of ether oxygens (including phenoxy) is 2. The molecular weight excluding hydrogens is 282 g/mol. The molecule has 0 radical (unpaired) electrons. The van der Waals surface area contributed by atoms with Gasteiger partial charge < -0.3 is 14.0 Å². The molecule has 20 heavy (non-hydrogen) atoms. The van der Waals surface area contributed by atoms with Crippen molar-refractivity contribution in [3.63, 3.8) is 0 Å². The normalized spacial score (nSPS) is 11.9. The lowest BCUT2D eigenvalue weighted by atomic mass is 10.3. The van der Waals surface area contributed by atoms with Gasteiger partial charge in [0.2, 0.25) is 0 Å². The summed E-state index contributed by atoms with van der Waals surface area (Å²) in [7, 11) is -2.10. The van der Waals surface area contributed by atoms with Gasteiger partial charge in [-0.1, -0.05) is 6.92 Å². The van der Waals surface area contributed by atoms with Crippen molar-refractivity contribution in [2.75, 3.05) is 26.9 Å². The summed E-state index contributed by atoms with van der Waals surface area (Å²) in [5.74, 6) is 0.719. The summed E-state index contributed by atoms with van der Waals surface area (Å²) in [5, 5.41) is 5.01. The topological polar surface area (TPSA) is 96.4 Å². The molecule has 0 fully saturated rings. The largest absolute Gasteiger partial charge is 0.385 e. The van der Waals surface area contributed by atoms with E-state index in [1.54, 1.807) is 11.7 Å². The Bertz CT molecular complexity index is 499. The van der Waals surface area contributed by atoms with Crippen LogP contribution in [-0.4, -0.2) is 44.9 Å². The van der Waals surface area contributed by atoms with Crippen molar-refractivity contribution in [2.24, 2.45) is 5.14 Å². The Labute approximate surface area is 120 Å². The summed E-state index contributed by atoms with van der Waals surface area (Å²) in [6, 6.07) is 0. The number of aryl methyl sites for hydroxylation is 1. The SMILES string of the molecule is CCCc1nc(S(N)(=O)=O)cn1CCOCCCOC. The number of nitrogens with two attached hydrogens (primary N) is 1. The molecule has 0 aromatic carbocycles. The second-order valence-electron chi connectivity index (χ2n) is 4.44. The Morgan fingerprint density at radius 1 is 1.35 bits per heavy atom. The van der Waals surface area contributed by atoms with Crippen LogP contribution in [0.15, 0.2) is 11.2 Å². The Balaban J connectivity index is 2.57. The predicted molar refractivity (Wildman–Crippen MR) is 74.9 cm³/mol. The van der Waals surface area contributed by atoms with Gasteiger partial charge in [-0.3, -0.25) is 0 Å². The third-order valence-corrected chi connectivity index (χ3v) is 3.50. The first-order chi connectivity index (χ1) is 9.49. The molecule has 0 bridgehead atoms. The maximum atomic E-state index is 11.3. The van der Waals surface area contributed by atoms with Crippen LogP contribution in [0.1, 0.15) is 25.6 Å². The first-order valence-corrected chi connectivity index (χ1v) is 8.19. The maximum Gasteiger partial charge on any atom is 0.257 e. The Hall–Kier alpha value is -0.960. The zero-order valence-electron chi connectivity index (χ0n) is 12.0. The maximum absolute atomic E-state index is 11.3. The van der Waals surface area contributed by atoms with Crippen LogP contribution < -0.4 is 5.14 Å². The number of primary sulfonamides is 1. The van der Waals surface area contributed by atoms with E-state index in [1.165, 1.54) is 6.20 Å². The van der Waals surface area contributed by atoms with Crippen LogP contribution in [0, 0.1) is 0 Å². The molecule has 0 saturated heterocycles. The number of hydrogen-bond donors (Lipinski definition) is 1. The van der Waals surface area contributed by atoms with E-state index < -0.39 is 10.0 Å². The fourth-order valence-corrected chi connectivity index (χ4v) is 2.26. The zero-order chi connectivity index (χ0) is 15.0. The third kappa shape index (κ3) is 5.58. The van der Waals surface area contributed by atoms with Crippen LogP contribution in [0.4, 0.5) is 0 Å². The van der Waals surface area contributed by atoms with Crippen LogP contribution in [0.3, 0.4) is 0 Å². The van der Waals surface area contributed by atoms with Crippen molar-refractivity contribution in [3.05, 3.63) is 12.0 Å². The average molecular weight is 305 g/mol. The van der Waals surface area contributed by atoms with Crippen LogP contribution >= 0.6 is 0 Å². The molecule has 8 heteroatoms. The van der Waals surface area contributed by atoms with Gasteiger partial charge >= 0.3 is 0 Å². The van der Waals surface area contributed by atoms with Crippen molar-refractivity contribution >= 4 is 10.0 Å². The highest BCUT2D eigenvalue weighted by Gasteiger charge is 2.15. The van der Waals surface area contributed by atoms with Gasteiger partial charge in [0.25, 0.3) is 10.0 Å². The van der Waals surface area contributed by atoms with Crippen LogP contribution in [0.25, 0.3) is 0 Å². The molecule has 0 unspecified atom stereocenters.